The molecule has 0 fully saturated rings. The highest BCUT2D eigenvalue weighted by Crippen LogP contribution is 2.36. The highest BCUT2D eigenvalue weighted by Gasteiger charge is 2.33. The van der Waals surface area contributed by atoms with E-state index < -0.39 is 11.7 Å². The van der Waals surface area contributed by atoms with Gasteiger partial charge in [-0.25, -0.2) is 9.50 Å². The van der Waals surface area contributed by atoms with Crippen molar-refractivity contribution in [2.24, 2.45) is 0 Å². The quantitative estimate of drug-likeness (QED) is 0.696. The lowest BCUT2D eigenvalue weighted by molar-refractivity contribution is -0.136. The molecule has 8 heteroatoms. The maximum atomic E-state index is 13.2. The predicted molar refractivity (Wildman–Crippen MR) is 86.8 cm³/mol. The molecular formula is C16H14ClF3N4. The van der Waals surface area contributed by atoms with Crippen molar-refractivity contribution in [2.45, 2.75) is 25.9 Å². The molecule has 3 rings (SSSR count). The first-order chi connectivity index (χ1) is 11.3. The van der Waals surface area contributed by atoms with E-state index in [0.717, 1.165) is 11.8 Å². The number of para-hydroxylation sites is 1. The summed E-state index contributed by atoms with van der Waals surface area (Å²) in [6.07, 6.45) is -2.82. The summed E-state index contributed by atoms with van der Waals surface area (Å²) in [6.45, 7) is 3.94. The van der Waals surface area contributed by atoms with Crippen LogP contribution < -0.4 is 5.32 Å². The van der Waals surface area contributed by atoms with E-state index in [1.807, 2.05) is 13.8 Å². The second kappa shape index (κ2) is 5.98. The van der Waals surface area contributed by atoms with Gasteiger partial charge in [-0.15, -0.1) is 0 Å². The summed E-state index contributed by atoms with van der Waals surface area (Å²) in [5.74, 6) is 0.140. The average molecular weight is 355 g/mol. The molecule has 4 nitrogen and oxygen atoms in total. The Balaban J connectivity index is 2.12. The van der Waals surface area contributed by atoms with Crippen LogP contribution in [0.15, 0.2) is 36.5 Å². The highest BCUT2D eigenvalue weighted by atomic mass is 35.5. The Hall–Kier alpha value is -2.28. The van der Waals surface area contributed by atoms with Gasteiger partial charge in [0, 0.05) is 6.07 Å². The van der Waals surface area contributed by atoms with Gasteiger partial charge in [-0.3, -0.25) is 0 Å². The summed E-state index contributed by atoms with van der Waals surface area (Å²) in [7, 11) is 0. The molecule has 0 radical (unpaired) electrons. The fourth-order valence-electron chi connectivity index (χ4n) is 2.43. The van der Waals surface area contributed by atoms with Crippen molar-refractivity contribution in [2.75, 3.05) is 5.32 Å². The first-order valence-electron chi connectivity index (χ1n) is 7.25. The third-order valence-corrected chi connectivity index (χ3v) is 3.74. The number of aromatic nitrogens is 3. The normalized spacial score (nSPS) is 12.1. The summed E-state index contributed by atoms with van der Waals surface area (Å²) in [5, 5.41) is 7.14. The van der Waals surface area contributed by atoms with E-state index in [-0.39, 0.29) is 16.8 Å². The molecule has 1 N–H and O–H groups in total. The summed E-state index contributed by atoms with van der Waals surface area (Å²) >= 11 is 6.03. The molecule has 0 saturated carbocycles. The van der Waals surface area contributed by atoms with Crippen molar-refractivity contribution in [1.82, 2.24) is 14.6 Å². The average Bonchev–Trinajstić information content (AvgIpc) is 2.90. The van der Waals surface area contributed by atoms with Crippen LogP contribution in [0.3, 0.4) is 0 Å². The minimum Gasteiger partial charge on any atom is -0.352 e. The smallest absolute Gasteiger partial charge is 0.352 e. The molecule has 0 aliphatic rings. The van der Waals surface area contributed by atoms with E-state index in [4.69, 9.17) is 11.6 Å². The van der Waals surface area contributed by atoms with Gasteiger partial charge < -0.3 is 5.32 Å². The molecule has 0 amide bonds. The second-order valence-electron chi connectivity index (χ2n) is 5.62. The van der Waals surface area contributed by atoms with Crippen LogP contribution in [0.4, 0.5) is 24.5 Å². The van der Waals surface area contributed by atoms with Gasteiger partial charge in [-0.05, 0) is 18.1 Å². The van der Waals surface area contributed by atoms with Gasteiger partial charge in [0.2, 0.25) is 0 Å². The number of nitrogens with one attached hydrogen (secondary N) is 1. The highest BCUT2D eigenvalue weighted by molar-refractivity contribution is 6.29. The number of fused-ring (bicyclic) bond motifs is 1. The second-order valence-corrected chi connectivity index (χ2v) is 6.01. The molecule has 0 saturated heterocycles. The van der Waals surface area contributed by atoms with Gasteiger partial charge in [0.05, 0.1) is 28.8 Å². The van der Waals surface area contributed by atoms with Crippen LogP contribution in [-0.4, -0.2) is 14.6 Å². The van der Waals surface area contributed by atoms with Crippen molar-refractivity contribution in [1.29, 1.82) is 0 Å². The monoisotopic (exact) mass is 354 g/mol. The first-order valence-corrected chi connectivity index (χ1v) is 7.62. The van der Waals surface area contributed by atoms with Gasteiger partial charge in [-0.2, -0.15) is 18.3 Å². The molecular weight excluding hydrogens is 341 g/mol. The van der Waals surface area contributed by atoms with E-state index in [1.165, 1.54) is 24.3 Å². The number of nitrogens with zero attached hydrogens (tertiary/aromatic N) is 3. The van der Waals surface area contributed by atoms with Gasteiger partial charge in [0.15, 0.2) is 10.8 Å². The summed E-state index contributed by atoms with van der Waals surface area (Å²) in [4.78, 5) is 4.27. The van der Waals surface area contributed by atoms with Crippen molar-refractivity contribution in [3.8, 4) is 0 Å². The van der Waals surface area contributed by atoms with Crippen LogP contribution in [0.25, 0.3) is 5.65 Å². The zero-order chi connectivity index (χ0) is 17.5. The topological polar surface area (TPSA) is 42.2 Å². The lowest BCUT2D eigenvalue weighted by Gasteiger charge is -2.15. The lowest BCUT2D eigenvalue weighted by atomic mass is 10.1. The van der Waals surface area contributed by atoms with E-state index in [2.05, 4.69) is 15.4 Å². The molecule has 1 aromatic carbocycles. The number of alkyl halides is 3. The van der Waals surface area contributed by atoms with E-state index in [0.29, 0.717) is 11.3 Å². The number of hydrogen-bond donors (Lipinski definition) is 1. The van der Waals surface area contributed by atoms with Gasteiger partial charge in [0.25, 0.3) is 0 Å². The molecule has 3 aromatic rings. The van der Waals surface area contributed by atoms with Crippen LogP contribution in [0.5, 0.6) is 0 Å². The lowest BCUT2D eigenvalue weighted by Crippen LogP contribution is -2.09. The summed E-state index contributed by atoms with van der Waals surface area (Å²) in [5.41, 5.74) is 0.772. The van der Waals surface area contributed by atoms with Crippen LogP contribution in [-0.2, 0) is 6.18 Å². The fraction of sp³-hybridized carbons (Fsp3) is 0.250. The SMILES string of the molecule is CC(C)c1cnc2c(Nc3ccccc3C(F)(F)F)cc(Cl)nn12. The fourth-order valence-corrected chi connectivity index (χ4v) is 2.61. The van der Waals surface area contributed by atoms with Crippen LogP contribution in [0.2, 0.25) is 5.15 Å². The van der Waals surface area contributed by atoms with Crippen molar-refractivity contribution in [3.05, 3.63) is 52.9 Å². The maximum absolute atomic E-state index is 13.2. The van der Waals surface area contributed by atoms with Crippen molar-refractivity contribution >= 4 is 28.6 Å². The zero-order valence-corrected chi connectivity index (χ0v) is 13.7. The number of anilines is 2. The Morgan fingerprint density at radius 1 is 1.17 bits per heavy atom. The number of benzene rings is 1. The molecule has 0 bridgehead atoms. The van der Waals surface area contributed by atoms with Gasteiger partial charge in [0.1, 0.15) is 0 Å². The standard InChI is InChI=1S/C16H14ClF3N4/c1-9(2)13-8-21-15-12(7-14(17)23-24(13)15)22-11-6-4-3-5-10(11)16(18,19)20/h3-9,22H,1-2H3. The number of hydrogen-bond acceptors (Lipinski definition) is 3. The Labute approximate surface area is 141 Å². The molecule has 24 heavy (non-hydrogen) atoms. The molecule has 2 aromatic heterocycles. The Kier molecular flexibility index (Phi) is 4.13. The Bertz CT molecular complexity index is 887. The number of rotatable bonds is 3. The Morgan fingerprint density at radius 3 is 2.54 bits per heavy atom. The van der Waals surface area contributed by atoms with Crippen molar-refractivity contribution in [3.63, 3.8) is 0 Å². The van der Waals surface area contributed by atoms with Crippen LogP contribution >= 0.6 is 11.6 Å². The van der Waals surface area contributed by atoms with Crippen LogP contribution in [0.1, 0.15) is 31.0 Å². The molecule has 126 valence electrons. The summed E-state index contributed by atoms with van der Waals surface area (Å²) in [6, 6.07) is 6.72. The molecule has 0 unspecified atom stereocenters. The molecule has 0 atom stereocenters. The van der Waals surface area contributed by atoms with Crippen LogP contribution in [0, 0.1) is 0 Å². The van der Waals surface area contributed by atoms with Gasteiger partial charge >= 0.3 is 6.18 Å². The first kappa shape index (κ1) is 16.6. The van der Waals surface area contributed by atoms with Gasteiger partial charge in [-0.1, -0.05) is 37.6 Å². The third-order valence-electron chi connectivity index (χ3n) is 3.56. The molecule has 0 aliphatic heterocycles. The molecule has 2 heterocycles. The number of imidazole rings is 1. The van der Waals surface area contributed by atoms with E-state index in [1.54, 1.807) is 10.7 Å². The minimum atomic E-state index is -4.46. The van der Waals surface area contributed by atoms with E-state index >= 15 is 0 Å². The Morgan fingerprint density at radius 2 is 1.88 bits per heavy atom. The van der Waals surface area contributed by atoms with Crippen molar-refractivity contribution < 1.29 is 13.2 Å². The van der Waals surface area contributed by atoms with E-state index in [9.17, 15) is 13.2 Å². The maximum Gasteiger partial charge on any atom is 0.418 e. The number of halogens is 4. The largest absolute Gasteiger partial charge is 0.418 e. The third kappa shape index (κ3) is 3.03. The predicted octanol–water partition coefficient (Wildman–Crippen LogP) is 5.27. The molecule has 0 aliphatic carbocycles. The summed E-state index contributed by atoms with van der Waals surface area (Å²) < 4.78 is 41.0. The minimum absolute atomic E-state index is 0.0664. The zero-order valence-electron chi connectivity index (χ0n) is 12.9. The molecule has 0 spiro atoms.